The number of nitrogens with zero attached hydrogens (tertiary/aromatic N) is 5. The van der Waals surface area contributed by atoms with Crippen LogP contribution in [0.3, 0.4) is 0 Å². The van der Waals surface area contributed by atoms with Crippen molar-refractivity contribution in [2.45, 2.75) is 31.4 Å². The second-order valence-electron chi connectivity index (χ2n) is 5.05. The van der Waals surface area contributed by atoms with Gasteiger partial charge in [-0.25, -0.2) is 14.1 Å². The molecule has 0 aliphatic carbocycles. The average molecular weight is 333 g/mol. The van der Waals surface area contributed by atoms with E-state index in [4.69, 9.17) is 4.42 Å². The molecule has 120 valence electrons. The van der Waals surface area contributed by atoms with E-state index in [2.05, 4.69) is 27.2 Å². The molecule has 3 rings (SSSR count). The summed E-state index contributed by atoms with van der Waals surface area (Å²) in [5.41, 5.74) is 3.29. The molecular formula is C15H16FN5OS. The summed E-state index contributed by atoms with van der Waals surface area (Å²) in [6.45, 7) is 3.83. The summed E-state index contributed by atoms with van der Waals surface area (Å²) in [4.78, 5) is 4.11. The first-order valence-electron chi connectivity index (χ1n) is 7.14. The van der Waals surface area contributed by atoms with Gasteiger partial charge in [-0.05, 0) is 37.1 Å². The number of thioether (sulfide) groups is 1. The topological polar surface area (TPSA) is 69.6 Å². The minimum Gasteiger partial charge on any atom is -0.411 e. The Morgan fingerprint density at radius 2 is 2.09 bits per heavy atom. The van der Waals surface area contributed by atoms with Crippen molar-refractivity contribution in [1.82, 2.24) is 25.0 Å². The van der Waals surface area contributed by atoms with E-state index >= 15 is 0 Å². The number of benzene rings is 1. The van der Waals surface area contributed by atoms with Crippen LogP contribution < -0.4 is 0 Å². The van der Waals surface area contributed by atoms with Crippen LogP contribution in [0.4, 0.5) is 4.39 Å². The molecular weight excluding hydrogens is 317 g/mol. The normalized spacial score (nSPS) is 11.1. The van der Waals surface area contributed by atoms with Crippen LogP contribution in [0.2, 0.25) is 0 Å². The predicted molar refractivity (Wildman–Crippen MR) is 84.8 cm³/mol. The highest BCUT2D eigenvalue weighted by Gasteiger charge is 2.12. The van der Waals surface area contributed by atoms with Crippen molar-refractivity contribution < 1.29 is 8.81 Å². The second-order valence-corrected chi connectivity index (χ2v) is 5.98. The fraction of sp³-hybridized carbons (Fsp3) is 0.333. The molecule has 0 atom stereocenters. The zero-order chi connectivity index (χ0) is 16.2. The molecule has 0 saturated heterocycles. The molecule has 8 heteroatoms. The SMILES string of the molecule is Cc1ccc(-c2nnc(SCc3ncnn3CCF)o2)cc1C. The Labute approximate surface area is 137 Å². The molecule has 0 radical (unpaired) electrons. The maximum Gasteiger partial charge on any atom is 0.277 e. The smallest absolute Gasteiger partial charge is 0.277 e. The molecule has 0 N–H and O–H groups in total. The maximum absolute atomic E-state index is 12.4. The molecule has 0 fully saturated rings. The third-order valence-corrected chi connectivity index (χ3v) is 4.29. The van der Waals surface area contributed by atoms with Crippen LogP contribution in [0.5, 0.6) is 0 Å². The Morgan fingerprint density at radius 3 is 2.87 bits per heavy atom. The van der Waals surface area contributed by atoms with E-state index in [1.807, 2.05) is 25.1 Å². The fourth-order valence-corrected chi connectivity index (χ4v) is 2.76. The van der Waals surface area contributed by atoms with Gasteiger partial charge in [0.15, 0.2) is 0 Å². The second kappa shape index (κ2) is 6.91. The Hall–Kier alpha value is -2.22. The van der Waals surface area contributed by atoms with E-state index in [9.17, 15) is 4.39 Å². The number of aromatic nitrogens is 5. The molecule has 0 bridgehead atoms. The van der Waals surface area contributed by atoms with Gasteiger partial charge in [0.1, 0.15) is 18.8 Å². The van der Waals surface area contributed by atoms with Crippen LogP contribution in [0.15, 0.2) is 34.2 Å². The van der Waals surface area contributed by atoms with E-state index in [1.54, 1.807) is 0 Å². The standard InChI is InChI=1S/C15H16FN5OS/c1-10-3-4-12(7-11(10)2)14-19-20-15(22-14)23-8-13-17-9-18-21(13)6-5-16/h3-4,7,9H,5-6,8H2,1-2H3. The van der Waals surface area contributed by atoms with Crippen molar-refractivity contribution in [1.29, 1.82) is 0 Å². The molecule has 0 unspecified atom stereocenters. The van der Waals surface area contributed by atoms with Crippen LogP contribution in [0.25, 0.3) is 11.5 Å². The van der Waals surface area contributed by atoms with Crippen molar-refractivity contribution in [2.75, 3.05) is 6.67 Å². The van der Waals surface area contributed by atoms with Gasteiger partial charge in [-0.1, -0.05) is 17.8 Å². The minimum absolute atomic E-state index is 0.202. The summed E-state index contributed by atoms with van der Waals surface area (Å²) >= 11 is 1.35. The molecule has 0 spiro atoms. The van der Waals surface area contributed by atoms with Gasteiger partial charge in [-0.15, -0.1) is 10.2 Å². The highest BCUT2D eigenvalue weighted by molar-refractivity contribution is 7.98. The van der Waals surface area contributed by atoms with Gasteiger partial charge in [0.25, 0.3) is 5.22 Å². The lowest BCUT2D eigenvalue weighted by Gasteiger charge is -2.01. The van der Waals surface area contributed by atoms with E-state index in [0.29, 0.717) is 22.7 Å². The molecule has 0 aliphatic rings. The first kappa shape index (κ1) is 15.7. The lowest BCUT2D eigenvalue weighted by Crippen LogP contribution is -2.06. The highest BCUT2D eigenvalue weighted by Crippen LogP contribution is 2.26. The van der Waals surface area contributed by atoms with Gasteiger partial charge in [0.05, 0.1) is 12.3 Å². The van der Waals surface area contributed by atoms with Gasteiger partial charge in [0.2, 0.25) is 5.89 Å². The number of alkyl halides is 1. The summed E-state index contributed by atoms with van der Waals surface area (Å²) in [6.07, 6.45) is 1.42. The zero-order valence-corrected chi connectivity index (χ0v) is 13.7. The van der Waals surface area contributed by atoms with Gasteiger partial charge < -0.3 is 4.42 Å². The van der Waals surface area contributed by atoms with Crippen molar-refractivity contribution >= 4 is 11.8 Å². The number of halogens is 1. The lowest BCUT2D eigenvalue weighted by atomic mass is 10.1. The zero-order valence-electron chi connectivity index (χ0n) is 12.9. The summed E-state index contributed by atoms with van der Waals surface area (Å²) in [6, 6.07) is 6.01. The summed E-state index contributed by atoms with van der Waals surface area (Å²) in [7, 11) is 0. The molecule has 3 aromatic rings. The first-order chi connectivity index (χ1) is 11.2. The largest absolute Gasteiger partial charge is 0.411 e. The van der Waals surface area contributed by atoms with E-state index in [-0.39, 0.29) is 6.54 Å². The third kappa shape index (κ3) is 3.58. The predicted octanol–water partition coefficient (Wildman–Crippen LogP) is 3.21. The van der Waals surface area contributed by atoms with Gasteiger partial charge >= 0.3 is 0 Å². The van der Waals surface area contributed by atoms with Gasteiger partial charge in [-0.3, -0.25) is 0 Å². The van der Waals surface area contributed by atoms with Crippen LogP contribution in [-0.2, 0) is 12.3 Å². The Kier molecular flexibility index (Phi) is 4.71. The summed E-state index contributed by atoms with van der Waals surface area (Å²) in [5.74, 6) is 1.66. The van der Waals surface area contributed by atoms with Gasteiger partial charge in [-0.2, -0.15) is 5.10 Å². The Balaban J connectivity index is 1.69. The number of hydrogen-bond donors (Lipinski definition) is 0. The van der Waals surface area contributed by atoms with Crippen LogP contribution in [0, 0.1) is 13.8 Å². The first-order valence-corrected chi connectivity index (χ1v) is 8.12. The molecule has 0 saturated carbocycles. The molecule has 1 aromatic carbocycles. The average Bonchev–Trinajstić information content (AvgIpc) is 3.18. The number of hydrogen-bond acceptors (Lipinski definition) is 6. The van der Waals surface area contributed by atoms with Crippen LogP contribution in [-0.4, -0.2) is 31.6 Å². The fourth-order valence-electron chi connectivity index (χ4n) is 2.05. The molecule has 2 aromatic heterocycles. The summed E-state index contributed by atoms with van der Waals surface area (Å²) in [5, 5.41) is 12.5. The maximum atomic E-state index is 12.4. The Bertz CT molecular complexity index is 801. The summed E-state index contributed by atoms with van der Waals surface area (Å²) < 4.78 is 19.6. The van der Waals surface area contributed by atoms with Crippen LogP contribution >= 0.6 is 11.8 Å². The van der Waals surface area contributed by atoms with Crippen molar-refractivity contribution in [3.8, 4) is 11.5 Å². The van der Waals surface area contributed by atoms with E-state index in [0.717, 1.165) is 5.56 Å². The molecule has 6 nitrogen and oxygen atoms in total. The van der Waals surface area contributed by atoms with Crippen LogP contribution in [0.1, 0.15) is 17.0 Å². The van der Waals surface area contributed by atoms with E-state index < -0.39 is 6.67 Å². The van der Waals surface area contributed by atoms with Crippen molar-refractivity contribution in [2.24, 2.45) is 0 Å². The van der Waals surface area contributed by atoms with Crippen molar-refractivity contribution in [3.63, 3.8) is 0 Å². The minimum atomic E-state index is -0.474. The molecule has 0 aliphatic heterocycles. The number of rotatable bonds is 6. The molecule has 2 heterocycles. The molecule has 0 amide bonds. The van der Waals surface area contributed by atoms with Gasteiger partial charge in [0, 0.05) is 5.56 Å². The third-order valence-electron chi connectivity index (χ3n) is 3.48. The lowest BCUT2D eigenvalue weighted by molar-refractivity contribution is 0.421. The monoisotopic (exact) mass is 333 g/mol. The quantitative estimate of drug-likeness (QED) is 0.645. The van der Waals surface area contributed by atoms with E-state index in [1.165, 1.54) is 33.9 Å². The number of aryl methyl sites for hydroxylation is 3. The van der Waals surface area contributed by atoms with Crippen molar-refractivity contribution in [3.05, 3.63) is 41.5 Å². The Morgan fingerprint density at radius 1 is 1.22 bits per heavy atom. The highest BCUT2D eigenvalue weighted by atomic mass is 32.2. The molecule has 23 heavy (non-hydrogen) atoms.